The molecule has 0 bridgehead atoms. The SMILES string of the molecule is Cc1ccc(F)cc1NC(=O)c1ccn(COc2ccc(F)c(Cl)c2)n1. The minimum atomic E-state index is -0.537. The number of nitrogens with one attached hydrogen (secondary N) is 1. The van der Waals surface area contributed by atoms with Crippen LogP contribution in [-0.2, 0) is 6.73 Å². The lowest BCUT2D eigenvalue weighted by molar-refractivity contribution is 0.102. The van der Waals surface area contributed by atoms with Crippen LogP contribution >= 0.6 is 11.6 Å². The van der Waals surface area contributed by atoms with Crippen LogP contribution in [0.5, 0.6) is 5.75 Å². The van der Waals surface area contributed by atoms with Crippen LogP contribution in [0, 0.1) is 18.6 Å². The van der Waals surface area contributed by atoms with E-state index in [1.807, 2.05) is 0 Å². The maximum absolute atomic E-state index is 13.3. The number of amides is 1. The van der Waals surface area contributed by atoms with Crippen molar-refractivity contribution in [2.75, 3.05) is 5.32 Å². The quantitative estimate of drug-likeness (QED) is 0.716. The summed E-state index contributed by atoms with van der Waals surface area (Å²) >= 11 is 5.69. The maximum Gasteiger partial charge on any atom is 0.276 e. The Bertz CT molecular complexity index is 959. The molecule has 0 aliphatic carbocycles. The Labute approximate surface area is 153 Å². The fourth-order valence-corrected chi connectivity index (χ4v) is 2.35. The molecule has 1 heterocycles. The molecule has 0 aliphatic rings. The van der Waals surface area contributed by atoms with Gasteiger partial charge in [-0.05, 0) is 42.8 Å². The van der Waals surface area contributed by atoms with Gasteiger partial charge in [0.2, 0.25) is 0 Å². The molecule has 2 aromatic carbocycles. The van der Waals surface area contributed by atoms with E-state index >= 15 is 0 Å². The van der Waals surface area contributed by atoms with Crippen molar-refractivity contribution in [3.8, 4) is 5.75 Å². The van der Waals surface area contributed by atoms with Gasteiger partial charge in [0.05, 0.1) is 5.02 Å². The topological polar surface area (TPSA) is 56.2 Å². The predicted octanol–water partition coefficient (Wildman–Crippen LogP) is 4.41. The molecule has 0 fully saturated rings. The number of carbonyl (C=O) groups excluding carboxylic acids is 1. The first kappa shape index (κ1) is 17.9. The highest BCUT2D eigenvalue weighted by atomic mass is 35.5. The van der Waals surface area contributed by atoms with Crippen molar-refractivity contribution in [1.82, 2.24) is 9.78 Å². The molecule has 0 unspecified atom stereocenters. The van der Waals surface area contributed by atoms with Gasteiger partial charge < -0.3 is 10.1 Å². The Balaban J connectivity index is 1.64. The Morgan fingerprint density at radius 2 is 2.04 bits per heavy atom. The van der Waals surface area contributed by atoms with Crippen molar-refractivity contribution in [1.29, 1.82) is 0 Å². The number of aryl methyl sites for hydroxylation is 1. The lowest BCUT2D eigenvalue weighted by atomic mass is 10.2. The molecule has 8 heteroatoms. The molecule has 1 aromatic heterocycles. The van der Waals surface area contributed by atoms with E-state index in [0.29, 0.717) is 11.4 Å². The van der Waals surface area contributed by atoms with Crippen LogP contribution in [0.3, 0.4) is 0 Å². The second kappa shape index (κ2) is 7.53. The van der Waals surface area contributed by atoms with Gasteiger partial charge in [-0.2, -0.15) is 5.10 Å². The molecular weight excluding hydrogens is 364 g/mol. The number of halogens is 3. The van der Waals surface area contributed by atoms with Crippen molar-refractivity contribution in [3.05, 3.63) is 76.6 Å². The van der Waals surface area contributed by atoms with E-state index in [4.69, 9.17) is 16.3 Å². The third kappa shape index (κ3) is 4.18. The van der Waals surface area contributed by atoms with Crippen molar-refractivity contribution >= 4 is 23.2 Å². The first-order valence-electron chi connectivity index (χ1n) is 7.61. The molecule has 0 atom stereocenters. The molecule has 134 valence electrons. The number of carbonyl (C=O) groups is 1. The van der Waals surface area contributed by atoms with Crippen LogP contribution < -0.4 is 10.1 Å². The number of anilines is 1. The smallest absolute Gasteiger partial charge is 0.276 e. The minimum absolute atomic E-state index is 0.00817. The second-order valence-electron chi connectivity index (χ2n) is 5.50. The minimum Gasteiger partial charge on any atom is -0.471 e. The third-order valence-electron chi connectivity index (χ3n) is 3.58. The number of ether oxygens (including phenoxy) is 1. The zero-order valence-corrected chi connectivity index (χ0v) is 14.4. The first-order chi connectivity index (χ1) is 12.4. The normalized spacial score (nSPS) is 10.6. The molecule has 0 radical (unpaired) electrons. The van der Waals surface area contributed by atoms with Crippen LogP contribution in [0.2, 0.25) is 5.02 Å². The molecule has 0 saturated carbocycles. The summed E-state index contributed by atoms with van der Waals surface area (Å²) in [6.45, 7) is 1.77. The van der Waals surface area contributed by atoms with Crippen molar-refractivity contribution in [2.45, 2.75) is 13.7 Å². The number of aromatic nitrogens is 2. The van der Waals surface area contributed by atoms with Crippen LogP contribution in [0.1, 0.15) is 16.1 Å². The Morgan fingerprint density at radius 3 is 2.81 bits per heavy atom. The second-order valence-corrected chi connectivity index (χ2v) is 5.91. The molecule has 3 aromatic rings. The Kier molecular flexibility index (Phi) is 5.18. The fourth-order valence-electron chi connectivity index (χ4n) is 2.18. The van der Waals surface area contributed by atoms with Gasteiger partial charge in [-0.1, -0.05) is 17.7 Å². The summed E-state index contributed by atoms with van der Waals surface area (Å²) in [7, 11) is 0. The summed E-state index contributed by atoms with van der Waals surface area (Å²) in [6, 6.07) is 9.62. The number of hydrogen-bond donors (Lipinski definition) is 1. The van der Waals surface area contributed by atoms with Gasteiger partial charge in [-0.15, -0.1) is 0 Å². The molecule has 0 spiro atoms. The lowest BCUT2D eigenvalue weighted by Crippen LogP contribution is -2.15. The number of hydrogen-bond acceptors (Lipinski definition) is 3. The molecule has 3 rings (SSSR count). The van der Waals surface area contributed by atoms with Gasteiger partial charge in [0.1, 0.15) is 17.4 Å². The zero-order valence-electron chi connectivity index (χ0n) is 13.7. The highest BCUT2D eigenvalue weighted by Crippen LogP contribution is 2.21. The predicted molar refractivity (Wildman–Crippen MR) is 93.4 cm³/mol. The van der Waals surface area contributed by atoms with Crippen molar-refractivity contribution < 1.29 is 18.3 Å². The number of nitrogens with zero attached hydrogens (tertiary/aromatic N) is 2. The number of benzene rings is 2. The van der Waals surface area contributed by atoms with Crippen LogP contribution in [-0.4, -0.2) is 15.7 Å². The van der Waals surface area contributed by atoms with Gasteiger partial charge in [0.25, 0.3) is 5.91 Å². The fraction of sp³-hybridized carbons (Fsp3) is 0.111. The average Bonchev–Trinajstić information content (AvgIpc) is 3.08. The van der Waals surface area contributed by atoms with E-state index in [1.54, 1.807) is 19.2 Å². The monoisotopic (exact) mass is 377 g/mol. The zero-order chi connectivity index (χ0) is 18.7. The van der Waals surface area contributed by atoms with E-state index in [9.17, 15) is 13.6 Å². The molecule has 0 aliphatic heterocycles. The van der Waals surface area contributed by atoms with Crippen LogP contribution in [0.25, 0.3) is 0 Å². The van der Waals surface area contributed by atoms with Gasteiger partial charge in [-0.25, -0.2) is 13.5 Å². The molecular formula is C18H14ClF2N3O2. The van der Waals surface area contributed by atoms with E-state index in [1.165, 1.54) is 41.1 Å². The average molecular weight is 378 g/mol. The highest BCUT2D eigenvalue weighted by molar-refractivity contribution is 6.30. The third-order valence-corrected chi connectivity index (χ3v) is 3.87. The van der Waals surface area contributed by atoms with E-state index in [2.05, 4.69) is 10.4 Å². The van der Waals surface area contributed by atoms with Gasteiger partial charge in [0, 0.05) is 18.0 Å². The molecule has 1 amide bonds. The van der Waals surface area contributed by atoms with E-state index in [0.717, 1.165) is 5.56 Å². The summed E-state index contributed by atoms with van der Waals surface area (Å²) in [5, 5.41) is 6.66. The van der Waals surface area contributed by atoms with E-state index < -0.39 is 17.5 Å². The van der Waals surface area contributed by atoms with Crippen molar-refractivity contribution in [2.24, 2.45) is 0 Å². The van der Waals surface area contributed by atoms with Crippen molar-refractivity contribution in [3.63, 3.8) is 0 Å². The van der Waals surface area contributed by atoms with Crippen LogP contribution in [0.15, 0.2) is 48.7 Å². The molecule has 5 nitrogen and oxygen atoms in total. The van der Waals surface area contributed by atoms with Gasteiger partial charge in [0.15, 0.2) is 12.4 Å². The standard InChI is InChI=1S/C18H14ClF2N3O2/c1-11-2-3-12(20)8-17(11)22-18(25)16-6-7-24(23-16)10-26-13-4-5-15(21)14(19)9-13/h2-9H,10H2,1H3,(H,22,25). The van der Waals surface area contributed by atoms with Crippen LogP contribution in [0.4, 0.5) is 14.5 Å². The maximum atomic E-state index is 13.3. The first-order valence-corrected chi connectivity index (χ1v) is 7.99. The number of rotatable bonds is 5. The van der Waals surface area contributed by atoms with Gasteiger partial charge >= 0.3 is 0 Å². The molecule has 1 N–H and O–H groups in total. The molecule has 26 heavy (non-hydrogen) atoms. The summed E-state index contributed by atoms with van der Waals surface area (Å²) in [5.74, 6) is -1.08. The summed E-state index contributed by atoms with van der Waals surface area (Å²) in [5.41, 5.74) is 1.26. The summed E-state index contributed by atoms with van der Waals surface area (Å²) in [4.78, 5) is 12.2. The van der Waals surface area contributed by atoms with E-state index in [-0.39, 0.29) is 17.4 Å². The summed E-state index contributed by atoms with van der Waals surface area (Å²) < 4.78 is 33.2. The Hall–Kier alpha value is -2.93. The lowest BCUT2D eigenvalue weighted by Gasteiger charge is -2.08. The largest absolute Gasteiger partial charge is 0.471 e. The molecule has 0 saturated heterocycles. The van der Waals surface area contributed by atoms with Gasteiger partial charge in [-0.3, -0.25) is 4.79 Å². The summed E-state index contributed by atoms with van der Waals surface area (Å²) in [6.07, 6.45) is 1.55. The Morgan fingerprint density at radius 1 is 1.23 bits per heavy atom. The highest BCUT2D eigenvalue weighted by Gasteiger charge is 2.12.